The SMILES string of the molecule is COc1ccc(CN[C@H]2C[C@@H](C)N(Cc3ccccc3)[C@@H]2C)cc1. The van der Waals surface area contributed by atoms with Crippen molar-refractivity contribution in [1.82, 2.24) is 10.2 Å². The molecule has 0 aliphatic carbocycles. The van der Waals surface area contributed by atoms with Gasteiger partial charge in [0.25, 0.3) is 0 Å². The first kappa shape index (κ1) is 17.0. The first-order chi connectivity index (χ1) is 11.7. The second-order valence-electron chi connectivity index (χ2n) is 6.82. The third-order valence-electron chi connectivity index (χ3n) is 5.20. The Labute approximate surface area is 145 Å². The van der Waals surface area contributed by atoms with E-state index in [9.17, 15) is 0 Å². The average Bonchev–Trinajstić information content (AvgIpc) is 2.89. The first-order valence-electron chi connectivity index (χ1n) is 8.83. The van der Waals surface area contributed by atoms with Crippen molar-refractivity contribution in [3.8, 4) is 5.75 Å². The Bertz CT molecular complexity index is 626. The van der Waals surface area contributed by atoms with Crippen LogP contribution < -0.4 is 10.1 Å². The van der Waals surface area contributed by atoms with Crippen LogP contribution in [0.3, 0.4) is 0 Å². The molecule has 3 atom stereocenters. The Morgan fingerprint density at radius 1 is 1.00 bits per heavy atom. The van der Waals surface area contributed by atoms with Gasteiger partial charge in [0.2, 0.25) is 0 Å². The predicted molar refractivity (Wildman–Crippen MR) is 99.1 cm³/mol. The minimum absolute atomic E-state index is 0.533. The van der Waals surface area contributed by atoms with Gasteiger partial charge in [-0.05, 0) is 43.5 Å². The molecule has 1 saturated heterocycles. The largest absolute Gasteiger partial charge is 0.497 e. The van der Waals surface area contributed by atoms with Crippen molar-refractivity contribution in [3.05, 3.63) is 65.7 Å². The Kier molecular flexibility index (Phi) is 5.54. The molecule has 0 amide bonds. The van der Waals surface area contributed by atoms with E-state index in [2.05, 4.69) is 66.5 Å². The summed E-state index contributed by atoms with van der Waals surface area (Å²) in [5, 5.41) is 3.75. The van der Waals surface area contributed by atoms with Crippen LogP contribution in [0.25, 0.3) is 0 Å². The first-order valence-corrected chi connectivity index (χ1v) is 8.83. The molecule has 2 aromatic carbocycles. The topological polar surface area (TPSA) is 24.5 Å². The fourth-order valence-electron chi connectivity index (χ4n) is 3.67. The summed E-state index contributed by atoms with van der Waals surface area (Å²) in [7, 11) is 1.70. The quantitative estimate of drug-likeness (QED) is 0.874. The second kappa shape index (κ2) is 7.82. The van der Waals surface area contributed by atoms with Gasteiger partial charge in [-0.1, -0.05) is 42.5 Å². The molecule has 3 heteroatoms. The number of hydrogen-bond donors (Lipinski definition) is 1. The summed E-state index contributed by atoms with van der Waals surface area (Å²) in [5.74, 6) is 0.913. The van der Waals surface area contributed by atoms with Crippen LogP contribution in [-0.4, -0.2) is 30.1 Å². The molecule has 24 heavy (non-hydrogen) atoms. The van der Waals surface area contributed by atoms with Crippen LogP contribution >= 0.6 is 0 Å². The van der Waals surface area contributed by atoms with Gasteiger partial charge in [-0.15, -0.1) is 0 Å². The molecule has 2 aromatic rings. The van der Waals surface area contributed by atoms with Crippen molar-refractivity contribution < 1.29 is 4.74 Å². The average molecular weight is 324 g/mol. The van der Waals surface area contributed by atoms with Crippen LogP contribution in [0, 0.1) is 0 Å². The van der Waals surface area contributed by atoms with Gasteiger partial charge in [0, 0.05) is 31.2 Å². The highest BCUT2D eigenvalue weighted by Gasteiger charge is 2.35. The maximum absolute atomic E-state index is 5.22. The minimum atomic E-state index is 0.533. The number of nitrogens with one attached hydrogen (secondary N) is 1. The maximum Gasteiger partial charge on any atom is 0.118 e. The standard InChI is InChI=1S/C21H28N2O/c1-16-13-21(22-14-18-9-11-20(24-3)12-10-18)17(2)23(16)15-19-7-5-4-6-8-19/h4-12,16-17,21-22H,13-15H2,1-3H3/t16-,17-,21+/m1/s1. The van der Waals surface area contributed by atoms with Gasteiger partial charge in [0.05, 0.1) is 7.11 Å². The van der Waals surface area contributed by atoms with Gasteiger partial charge in [0.1, 0.15) is 5.75 Å². The second-order valence-corrected chi connectivity index (χ2v) is 6.82. The number of hydrogen-bond acceptors (Lipinski definition) is 3. The summed E-state index contributed by atoms with van der Waals surface area (Å²) in [6, 6.07) is 20.8. The van der Waals surface area contributed by atoms with E-state index in [-0.39, 0.29) is 0 Å². The molecule has 1 N–H and O–H groups in total. The van der Waals surface area contributed by atoms with Crippen LogP contribution in [0.15, 0.2) is 54.6 Å². The molecule has 1 heterocycles. The molecule has 1 fully saturated rings. The van der Waals surface area contributed by atoms with Gasteiger partial charge in [0.15, 0.2) is 0 Å². The lowest BCUT2D eigenvalue weighted by Crippen LogP contribution is -2.40. The molecule has 0 radical (unpaired) electrons. The number of ether oxygens (including phenoxy) is 1. The smallest absolute Gasteiger partial charge is 0.118 e. The van der Waals surface area contributed by atoms with Gasteiger partial charge in [-0.3, -0.25) is 4.90 Å². The van der Waals surface area contributed by atoms with Gasteiger partial charge >= 0.3 is 0 Å². The zero-order chi connectivity index (χ0) is 16.9. The van der Waals surface area contributed by atoms with Crippen molar-refractivity contribution >= 4 is 0 Å². The third kappa shape index (κ3) is 3.97. The highest BCUT2D eigenvalue weighted by molar-refractivity contribution is 5.27. The van der Waals surface area contributed by atoms with Crippen LogP contribution in [0.4, 0.5) is 0 Å². The van der Waals surface area contributed by atoms with E-state index in [4.69, 9.17) is 4.74 Å². The lowest BCUT2D eigenvalue weighted by atomic mass is 10.1. The van der Waals surface area contributed by atoms with Crippen molar-refractivity contribution in [2.24, 2.45) is 0 Å². The zero-order valence-corrected chi connectivity index (χ0v) is 14.9. The fraction of sp³-hybridized carbons (Fsp3) is 0.429. The van der Waals surface area contributed by atoms with E-state index in [0.717, 1.165) is 18.8 Å². The minimum Gasteiger partial charge on any atom is -0.497 e. The Morgan fingerprint density at radius 3 is 2.38 bits per heavy atom. The fourth-order valence-corrected chi connectivity index (χ4v) is 3.67. The van der Waals surface area contributed by atoms with Crippen LogP contribution in [-0.2, 0) is 13.1 Å². The van der Waals surface area contributed by atoms with E-state index in [1.807, 2.05) is 12.1 Å². The number of nitrogens with zero attached hydrogens (tertiary/aromatic N) is 1. The van der Waals surface area contributed by atoms with Crippen molar-refractivity contribution in [2.45, 2.75) is 51.5 Å². The Balaban J connectivity index is 1.57. The van der Waals surface area contributed by atoms with E-state index in [1.165, 1.54) is 17.5 Å². The predicted octanol–water partition coefficient (Wildman–Crippen LogP) is 3.84. The molecule has 3 rings (SSSR count). The Morgan fingerprint density at radius 2 is 1.71 bits per heavy atom. The number of rotatable bonds is 6. The monoisotopic (exact) mass is 324 g/mol. The molecule has 128 valence electrons. The highest BCUT2D eigenvalue weighted by atomic mass is 16.5. The van der Waals surface area contributed by atoms with E-state index < -0.39 is 0 Å². The van der Waals surface area contributed by atoms with Crippen LogP contribution in [0.2, 0.25) is 0 Å². The van der Waals surface area contributed by atoms with Crippen molar-refractivity contribution in [2.75, 3.05) is 7.11 Å². The summed E-state index contributed by atoms with van der Waals surface area (Å²) >= 11 is 0. The molecule has 0 saturated carbocycles. The van der Waals surface area contributed by atoms with Crippen LogP contribution in [0.1, 0.15) is 31.4 Å². The molecule has 1 aliphatic rings. The molecular weight excluding hydrogens is 296 g/mol. The summed E-state index contributed by atoms with van der Waals surface area (Å²) in [6.45, 7) is 6.63. The molecule has 3 nitrogen and oxygen atoms in total. The zero-order valence-electron chi connectivity index (χ0n) is 14.9. The number of methoxy groups -OCH3 is 1. The van der Waals surface area contributed by atoms with E-state index in [0.29, 0.717) is 18.1 Å². The molecule has 0 bridgehead atoms. The summed E-state index contributed by atoms with van der Waals surface area (Å²) < 4.78 is 5.22. The molecular formula is C21H28N2O. The number of likely N-dealkylation sites (tertiary alicyclic amines) is 1. The molecule has 0 aromatic heterocycles. The van der Waals surface area contributed by atoms with Gasteiger partial charge in [-0.25, -0.2) is 0 Å². The lowest BCUT2D eigenvalue weighted by Gasteiger charge is -2.27. The maximum atomic E-state index is 5.22. The molecule has 0 spiro atoms. The molecule has 0 unspecified atom stereocenters. The summed E-state index contributed by atoms with van der Waals surface area (Å²) in [6.07, 6.45) is 1.20. The third-order valence-corrected chi connectivity index (χ3v) is 5.20. The summed E-state index contributed by atoms with van der Waals surface area (Å²) in [4.78, 5) is 2.61. The number of benzene rings is 2. The van der Waals surface area contributed by atoms with E-state index >= 15 is 0 Å². The highest BCUT2D eigenvalue weighted by Crippen LogP contribution is 2.26. The molecule has 1 aliphatic heterocycles. The lowest BCUT2D eigenvalue weighted by molar-refractivity contribution is 0.195. The van der Waals surface area contributed by atoms with Crippen molar-refractivity contribution in [1.29, 1.82) is 0 Å². The van der Waals surface area contributed by atoms with Crippen molar-refractivity contribution in [3.63, 3.8) is 0 Å². The van der Waals surface area contributed by atoms with Gasteiger partial charge < -0.3 is 10.1 Å². The Hall–Kier alpha value is -1.84. The summed E-state index contributed by atoms with van der Waals surface area (Å²) in [5.41, 5.74) is 2.70. The van der Waals surface area contributed by atoms with Crippen LogP contribution in [0.5, 0.6) is 5.75 Å². The van der Waals surface area contributed by atoms with Gasteiger partial charge in [-0.2, -0.15) is 0 Å². The normalized spacial score (nSPS) is 24.2. The van der Waals surface area contributed by atoms with E-state index in [1.54, 1.807) is 7.11 Å².